The summed E-state index contributed by atoms with van der Waals surface area (Å²) in [6, 6.07) is 0.573. The molecule has 0 unspecified atom stereocenters. The molecular formula is C11H26N2O2Si. The summed E-state index contributed by atoms with van der Waals surface area (Å²) in [5, 5.41) is 0. The van der Waals surface area contributed by atoms with E-state index in [4.69, 9.17) is 8.85 Å². The molecule has 96 valence electrons. The van der Waals surface area contributed by atoms with Crippen molar-refractivity contribution in [2.24, 2.45) is 0 Å². The molecule has 1 fully saturated rings. The van der Waals surface area contributed by atoms with Gasteiger partial charge in [-0.25, -0.2) is 0 Å². The Hall–Kier alpha value is 0.0569. The first-order valence-corrected chi connectivity index (χ1v) is 8.38. The maximum Gasteiger partial charge on any atom is 0.517 e. The molecule has 1 aliphatic carbocycles. The van der Waals surface area contributed by atoms with E-state index in [9.17, 15) is 0 Å². The molecule has 0 aromatic carbocycles. The van der Waals surface area contributed by atoms with Crippen LogP contribution in [0.5, 0.6) is 0 Å². The lowest BCUT2D eigenvalue weighted by Crippen LogP contribution is -2.69. The highest BCUT2D eigenvalue weighted by Gasteiger charge is 2.40. The van der Waals surface area contributed by atoms with Crippen LogP contribution in [0.2, 0.25) is 0 Å². The van der Waals surface area contributed by atoms with Crippen LogP contribution >= 0.6 is 0 Å². The topological polar surface area (TPSA) is 42.5 Å². The highest BCUT2D eigenvalue weighted by molar-refractivity contribution is 6.62. The third-order valence-corrected chi connectivity index (χ3v) is 5.85. The Labute approximate surface area is 100 Å². The molecule has 0 saturated heterocycles. The Morgan fingerprint density at radius 3 is 2.06 bits per heavy atom. The average Bonchev–Trinajstić information content (AvgIpc) is 2.71. The zero-order valence-corrected chi connectivity index (χ0v) is 11.8. The maximum absolute atomic E-state index is 5.87. The van der Waals surface area contributed by atoms with Crippen LogP contribution in [-0.4, -0.2) is 34.7 Å². The van der Waals surface area contributed by atoms with Crippen LogP contribution in [-0.2, 0) is 8.85 Å². The summed E-state index contributed by atoms with van der Waals surface area (Å²) in [5.41, 5.74) is 0. The van der Waals surface area contributed by atoms with Crippen LogP contribution < -0.4 is 9.96 Å². The second-order valence-electron chi connectivity index (χ2n) is 4.14. The van der Waals surface area contributed by atoms with E-state index in [0.29, 0.717) is 19.3 Å². The van der Waals surface area contributed by atoms with E-state index in [1.807, 2.05) is 13.8 Å². The lowest BCUT2D eigenvalue weighted by molar-refractivity contribution is 0.155. The SMILES string of the molecule is CCN[Si](NC1CCCC1)(OCC)OCC. The predicted molar refractivity (Wildman–Crippen MR) is 68.1 cm³/mol. The predicted octanol–water partition coefficient (Wildman–Crippen LogP) is 1.64. The molecule has 0 aromatic rings. The van der Waals surface area contributed by atoms with Crippen molar-refractivity contribution in [3.05, 3.63) is 0 Å². The fourth-order valence-corrected chi connectivity index (χ4v) is 4.92. The molecule has 1 rings (SSSR count). The molecule has 0 spiro atoms. The highest BCUT2D eigenvalue weighted by atomic mass is 28.4. The first-order valence-electron chi connectivity index (χ1n) is 6.57. The summed E-state index contributed by atoms with van der Waals surface area (Å²) >= 11 is 0. The van der Waals surface area contributed by atoms with Crippen LogP contribution in [0.15, 0.2) is 0 Å². The van der Waals surface area contributed by atoms with E-state index in [1.54, 1.807) is 0 Å². The molecule has 4 nitrogen and oxygen atoms in total. The van der Waals surface area contributed by atoms with Gasteiger partial charge in [-0.1, -0.05) is 19.8 Å². The van der Waals surface area contributed by atoms with Crippen molar-refractivity contribution in [1.29, 1.82) is 0 Å². The van der Waals surface area contributed by atoms with Crippen molar-refractivity contribution in [2.75, 3.05) is 19.8 Å². The molecule has 0 heterocycles. The highest BCUT2D eigenvalue weighted by Crippen LogP contribution is 2.19. The van der Waals surface area contributed by atoms with E-state index in [0.717, 1.165) is 6.54 Å². The van der Waals surface area contributed by atoms with Gasteiger partial charge in [-0.3, -0.25) is 9.96 Å². The number of hydrogen-bond acceptors (Lipinski definition) is 4. The average molecular weight is 246 g/mol. The molecule has 0 aliphatic heterocycles. The standard InChI is InChI=1S/C11H26N2O2Si/c1-4-12-16(14-5-2,15-6-3)13-11-9-7-8-10-11/h11-13H,4-10H2,1-3H3. The lowest BCUT2D eigenvalue weighted by Gasteiger charge is -2.32. The van der Waals surface area contributed by atoms with Crippen molar-refractivity contribution in [3.63, 3.8) is 0 Å². The van der Waals surface area contributed by atoms with E-state index in [-0.39, 0.29) is 0 Å². The van der Waals surface area contributed by atoms with Gasteiger partial charge in [0.2, 0.25) is 0 Å². The first-order chi connectivity index (χ1) is 7.76. The van der Waals surface area contributed by atoms with E-state index in [2.05, 4.69) is 16.9 Å². The molecule has 0 atom stereocenters. The quantitative estimate of drug-likeness (QED) is 0.639. The van der Waals surface area contributed by atoms with Crippen molar-refractivity contribution in [1.82, 2.24) is 9.96 Å². The van der Waals surface area contributed by atoms with Crippen molar-refractivity contribution >= 4 is 8.88 Å². The molecule has 1 aliphatic rings. The normalized spacial score (nSPS) is 18.2. The smallest absolute Gasteiger partial charge is 0.371 e. The molecule has 1 saturated carbocycles. The van der Waals surface area contributed by atoms with Gasteiger partial charge in [0.15, 0.2) is 0 Å². The van der Waals surface area contributed by atoms with Gasteiger partial charge in [0.1, 0.15) is 0 Å². The largest absolute Gasteiger partial charge is 0.517 e. The minimum atomic E-state index is -2.36. The van der Waals surface area contributed by atoms with Gasteiger partial charge >= 0.3 is 8.88 Å². The molecule has 0 radical (unpaired) electrons. The van der Waals surface area contributed by atoms with Gasteiger partial charge in [-0.05, 0) is 33.2 Å². The van der Waals surface area contributed by atoms with E-state index >= 15 is 0 Å². The summed E-state index contributed by atoms with van der Waals surface area (Å²) in [6.07, 6.45) is 5.15. The molecule has 0 amide bonds. The molecule has 0 aromatic heterocycles. The Morgan fingerprint density at radius 1 is 1.06 bits per heavy atom. The van der Waals surface area contributed by atoms with Gasteiger partial charge in [0, 0.05) is 19.3 Å². The fraction of sp³-hybridized carbons (Fsp3) is 1.00. The second kappa shape index (κ2) is 7.40. The summed E-state index contributed by atoms with van der Waals surface area (Å²) in [7, 11) is -2.36. The first kappa shape index (κ1) is 14.1. The maximum atomic E-state index is 5.87. The third kappa shape index (κ3) is 4.14. The van der Waals surface area contributed by atoms with Gasteiger partial charge in [-0.15, -0.1) is 0 Å². The molecular weight excluding hydrogens is 220 g/mol. The van der Waals surface area contributed by atoms with E-state index in [1.165, 1.54) is 25.7 Å². The van der Waals surface area contributed by atoms with E-state index < -0.39 is 8.88 Å². The Bertz CT molecular complexity index is 170. The molecule has 16 heavy (non-hydrogen) atoms. The minimum Gasteiger partial charge on any atom is -0.371 e. The zero-order valence-electron chi connectivity index (χ0n) is 10.8. The number of rotatable bonds is 8. The monoisotopic (exact) mass is 246 g/mol. The summed E-state index contributed by atoms with van der Waals surface area (Å²) in [5.74, 6) is 0. The summed E-state index contributed by atoms with van der Waals surface area (Å²) < 4.78 is 11.7. The molecule has 2 N–H and O–H groups in total. The van der Waals surface area contributed by atoms with Crippen LogP contribution in [0.25, 0.3) is 0 Å². The van der Waals surface area contributed by atoms with Crippen LogP contribution in [0.1, 0.15) is 46.5 Å². The van der Waals surface area contributed by atoms with Crippen molar-refractivity contribution in [3.8, 4) is 0 Å². The lowest BCUT2D eigenvalue weighted by atomic mass is 10.3. The summed E-state index contributed by atoms with van der Waals surface area (Å²) in [6.45, 7) is 8.41. The van der Waals surface area contributed by atoms with Crippen molar-refractivity contribution < 1.29 is 8.85 Å². The van der Waals surface area contributed by atoms with Crippen LogP contribution in [0.4, 0.5) is 0 Å². The minimum absolute atomic E-state index is 0.573. The number of hydrogen-bond donors (Lipinski definition) is 2. The van der Waals surface area contributed by atoms with Crippen LogP contribution in [0, 0.1) is 0 Å². The summed E-state index contributed by atoms with van der Waals surface area (Å²) in [4.78, 5) is 7.02. The second-order valence-corrected chi connectivity index (χ2v) is 6.59. The fourth-order valence-electron chi connectivity index (χ4n) is 2.26. The molecule has 0 bridgehead atoms. The van der Waals surface area contributed by atoms with Gasteiger partial charge in [0.05, 0.1) is 0 Å². The van der Waals surface area contributed by atoms with Gasteiger partial charge in [0.25, 0.3) is 0 Å². The third-order valence-electron chi connectivity index (χ3n) is 2.85. The zero-order chi connectivity index (χ0) is 11.9. The van der Waals surface area contributed by atoms with Crippen LogP contribution in [0.3, 0.4) is 0 Å². The van der Waals surface area contributed by atoms with Crippen molar-refractivity contribution in [2.45, 2.75) is 52.5 Å². The number of nitrogens with one attached hydrogen (secondary N) is 2. The Morgan fingerprint density at radius 2 is 1.62 bits per heavy atom. The molecule has 5 heteroatoms. The van der Waals surface area contributed by atoms with Gasteiger partial charge < -0.3 is 8.85 Å². The Balaban J connectivity index is 2.56. The van der Waals surface area contributed by atoms with Gasteiger partial charge in [-0.2, -0.15) is 0 Å². The Kier molecular flexibility index (Phi) is 6.53.